The molecule has 0 atom stereocenters. The van der Waals surface area contributed by atoms with E-state index >= 15 is 0 Å². The van der Waals surface area contributed by atoms with E-state index in [0.717, 1.165) is 17.1 Å². The number of fused-ring (bicyclic) bond motifs is 2. The summed E-state index contributed by atoms with van der Waals surface area (Å²) in [4.78, 5) is 27.2. The van der Waals surface area contributed by atoms with Gasteiger partial charge in [-0.3, -0.25) is 4.79 Å². The van der Waals surface area contributed by atoms with Gasteiger partial charge in [0.25, 0.3) is 0 Å². The van der Waals surface area contributed by atoms with E-state index in [0.29, 0.717) is 47.0 Å². The van der Waals surface area contributed by atoms with Crippen LogP contribution in [0.1, 0.15) is 11.4 Å². The number of nitrogens with zero attached hydrogens (tertiary/aromatic N) is 8. The van der Waals surface area contributed by atoms with Crippen molar-refractivity contribution in [1.82, 2.24) is 39.7 Å². The predicted octanol–water partition coefficient (Wildman–Crippen LogP) is 1.26. The molecule has 0 saturated carbocycles. The zero-order chi connectivity index (χ0) is 25.0. The maximum absolute atomic E-state index is 14.1. The molecule has 13 heteroatoms. The van der Waals surface area contributed by atoms with Gasteiger partial charge in [0, 0.05) is 30.9 Å². The first-order valence-corrected chi connectivity index (χ1v) is 11.2. The highest BCUT2D eigenvalue weighted by atomic mass is 19.1. The number of piperazine rings is 1. The van der Waals surface area contributed by atoms with E-state index in [1.807, 2.05) is 24.1 Å². The molecule has 12 nitrogen and oxygen atoms in total. The molecule has 5 heterocycles. The van der Waals surface area contributed by atoms with Crippen molar-refractivity contribution in [1.29, 1.82) is 0 Å². The molecule has 0 spiro atoms. The Morgan fingerprint density at radius 1 is 1.22 bits per heavy atom. The van der Waals surface area contributed by atoms with Gasteiger partial charge < -0.3 is 21.1 Å². The lowest BCUT2D eigenvalue weighted by atomic mass is 10.1. The van der Waals surface area contributed by atoms with E-state index in [2.05, 4.69) is 25.5 Å². The van der Waals surface area contributed by atoms with Crippen molar-refractivity contribution in [2.24, 2.45) is 0 Å². The number of aromatic nitrogens is 7. The number of carbonyl (C=O) groups excluding carboxylic acids is 1. The number of amides is 1. The van der Waals surface area contributed by atoms with Gasteiger partial charge in [0.15, 0.2) is 17.3 Å². The molecule has 1 aromatic carbocycles. The van der Waals surface area contributed by atoms with Gasteiger partial charge in [-0.1, -0.05) is 0 Å². The summed E-state index contributed by atoms with van der Waals surface area (Å²) in [6.07, 6.45) is 3.16. The quantitative estimate of drug-likeness (QED) is 0.339. The highest BCUT2D eigenvalue weighted by molar-refractivity contribution is 5.98. The van der Waals surface area contributed by atoms with Gasteiger partial charge in [0.05, 0.1) is 11.9 Å². The highest BCUT2D eigenvalue weighted by Crippen LogP contribution is 2.33. The Balaban J connectivity index is 1.49. The number of aryl methyl sites for hydroxylation is 1. The van der Waals surface area contributed by atoms with E-state index in [1.165, 1.54) is 18.5 Å². The number of anilines is 2. The third-order valence-corrected chi connectivity index (χ3v) is 6.08. The monoisotopic (exact) mass is 488 g/mol. The van der Waals surface area contributed by atoms with Crippen LogP contribution in [0, 0.1) is 12.7 Å². The van der Waals surface area contributed by atoms with Gasteiger partial charge in [0.2, 0.25) is 5.91 Å². The first-order valence-electron chi connectivity index (χ1n) is 11.2. The summed E-state index contributed by atoms with van der Waals surface area (Å²) in [6, 6.07) is 5.59. The van der Waals surface area contributed by atoms with Gasteiger partial charge in [0.1, 0.15) is 41.5 Å². The van der Waals surface area contributed by atoms with Crippen LogP contribution in [-0.4, -0.2) is 65.0 Å². The summed E-state index contributed by atoms with van der Waals surface area (Å²) in [7, 11) is 0. The van der Waals surface area contributed by atoms with Crippen LogP contribution in [0.15, 0.2) is 36.8 Å². The second kappa shape index (κ2) is 8.15. The number of rotatable bonds is 4. The molecular weight excluding hydrogens is 467 g/mol. The Morgan fingerprint density at radius 3 is 2.89 bits per heavy atom. The average Bonchev–Trinajstić information content (AvgIpc) is 3.40. The van der Waals surface area contributed by atoms with E-state index in [9.17, 15) is 14.3 Å². The first-order chi connectivity index (χ1) is 17.4. The molecule has 1 aliphatic heterocycles. The van der Waals surface area contributed by atoms with E-state index in [1.54, 1.807) is 9.20 Å². The Hall–Kier alpha value is -4.81. The van der Waals surface area contributed by atoms with Crippen molar-refractivity contribution in [3.05, 3.63) is 54.0 Å². The number of nitrogen functional groups attached to an aromatic ring is 1. The molecule has 182 valence electrons. The number of carbonyl (C=O) groups is 1. The number of aromatic hydroxyl groups is 1. The fourth-order valence-electron chi connectivity index (χ4n) is 4.49. The van der Waals surface area contributed by atoms with Crippen LogP contribution >= 0.6 is 0 Å². The number of hydrogen-bond donors (Lipinski definition) is 3. The fourth-order valence-corrected chi connectivity index (χ4v) is 4.49. The number of nitrogens with two attached hydrogens (primary N) is 1. The number of hydrogen-bond acceptors (Lipinski definition) is 9. The SMILES string of the molecule is Cc1ccn2nc(Cn3nc(-c4cc(O)cc(F)c4)c4c(N)ncnc43)nc(N3CCNC(=O)C3)c12. The summed E-state index contributed by atoms with van der Waals surface area (Å²) < 4.78 is 17.4. The zero-order valence-electron chi connectivity index (χ0n) is 19.2. The zero-order valence-corrected chi connectivity index (χ0v) is 19.2. The van der Waals surface area contributed by atoms with Crippen molar-refractivity contribution in [2.45, 2.75) is 13.5 Å². The largest absolute Gasteiger partial charge is 0.508 e. The molecule has 0 aliphatic carbocycles. The molecule has 1 saturated heterocycles. The third kappa shape index (κ3) is 3.61. The summed E-state index contributed by atoms with van der Waals surface area (Å²) in [5, 5.41) is 22.4. The molecule has 1 aliphatic rings. The smallest absolute Gasteiger partial charge is 0.239 e. The number of nitrogens with one attached hydrogen (secondary N) is 1. The summed E-state index contributed by atoms with van der Waals surface area (Å²) >= 11 is 0. The Morgan fingerprint density at radius 2 is 2.08 bits per heavy atom. The highest BCUT2D eigenvalue weighted by Gasteiger charge is 2.24. The standard InChI is InChI=1S/C23H21FN10O2/c1-12-2-4-33-20(12)23(32-5-3-26-17(36)10-32)29-16(30-33)9-34-22-18(21(25)27-11-28-22)19(31-34)13-6-14(24)8-15(35)7-13/h2,4,6-8,11,35H,3,5,9-10H2,1H3,(H,26,36)(H2,25,27,28). The minimum absolute atomic E-state index is 0.0722. The molecule has 36 heavy (non-hydrogen) atoms. The van der Waals surface area contributed by atoms with Crippen LogP contribution in [0.25, 0.3) is 27.8 Å². The number of benzene rings is 1. The summed E-state index contributed by atoms with van der Waals surface area (Å²) in [5.41, 5.74) is 9.02. The van der Waals surface area contributed by atoms with Crippen LogP contribution in [0.4, 0.5) is 16.0 Å². The van der Waals surface area contributed by atoms with E-state index in [4.69, 9.17) is 10.7 Å². The van der Waals surface area contributed by atoms with Crippen molar-refractivity contribution in [2.75, 3.05) is 30.3 Å². The van der Waals surface area contributed by atoms with Crippen molar-refractivity contribution >= 4 is 34.1 Å². The number of halogens is 1. The van der Waals surface area contributed by atoms with Crippen molar-refractivity contribution in [3.8, 4) is 17.0 Å². The summed E-state index contributed by atoms with van der Waals surface area (Å²) in [5.74, 6) is 0.317. The van der Waals surface area contributed by atoms with Crippen LogP contribution in [0.2, 0.25) is 0 Å². The van der Waals surface area contributed by atoms with Gasteiger partial charge in [-0.05, 0) is 30.7 Å². The molecule has 0 bridgehead atoms. The first kappa shape index (κ1) is 21.7. The minimum atomic E-state index is -0.616. The molecular formula is C23H21FN10O2. The maximum Gasteiger partial charge on any atom is 0.239 e. The van der Waals surface area contributed by atoms with Crippen LogP contribution in [0.5, 0.6) is 5.75 Å². The van der Waals surface area contributed by atoms with Crippen LogP contribution < -0.4 is 16.0 Å². The second-order valence-corrected chi connectivity index (χ2v) is 8.58. The van der Waals surface area contributed by atoms with Crippen molar-refractivity contribution < 1.29 is 14.3 Å². The molecule has 4 N–H and O–H groups in total. The third-order valence-electron chi connectivity index (χ3n) is 6.08. The molecule has 1 amide bonds. The molecule has 0 radical (unpaired) electrons. The summed E-state index contributed by atoms with van der Waals surface area (Å²) in [6.45, 7) is 3.41. The molecule has 5 aromatic rings. The number of phenolic OH excluding ortho intramolecular Hbond substituents is 1. The fraction of sp³-hybridized carbons (Fsp3) is 0.217. The molecule has 6 rings (SSSR count). The minimum Gasteiger partial charge on any atom is -0.508 e. The Labute approximate surface area is 203 Å². The Kier molecular flexibility index (Phi) is 4.91. The molecule has 1 fully saturated rings. The van der Waals surface area contributed by atoms with Crippen LogP contribution in [0.3, 0.4) is 0 Å². The molecule has 0 unspecified atom stereocenters. The average molecular weight is 488 g/mol. The maximum atomic E-state index is 14.1. The van der Waals surface area contributed by atoms with Crippen LogP contribution in [-0.2, 0) is 11.3 Å². The lowest BCUT2D eigenvalue weighted by molar-refractivity contribution is -0.120. The Bertz CT molecular complexity index is 1640. The van der Waals surface area contributed by atoms with Gasteiger partial charge in [-0.2, -0.15) is 10.2 Å². The predicted molar refractivity (Wildman–Crippen MR) is 129 cm³/mol. The van der Waals surface area contributed by atoms with Crippen molar-refractivity contribution in [3.63, 3.8) is 0 Å². The van der Waals surface area contributed by atoms with E-state index in [-0.39, 0.29) is 30.6 Å². The van der Waals surface area contributed by atoms with E-state index < -0.39 is 5.82 Å². The normalized spacial score (nSPS) is 14.1. The second-order valence-electron chi connectivity index (χ2n) is 8.58. The van der Waals surface area contributed by atoms with Gasteiger partial charge in [-0.25, -0.2) is 28.5 Å². The number of phenols is 1. The topological polar surface area (TPSA) is 152 Å². The molecule has 4 aromatic heterocycles. The van der Waals surface area contributed by atoms with Gasteiger partial charge >= 0.3 is 0 Å². The lowest BCUT2D eigenvalue weighted by Crippen LogP contribution is -2.48. The van der Waals surface area contributed by atoms with Gasteiger partial charge in [-0.15, -0.1) is 0 Å². The lowest BCUT2D eigenvalue weighted by Gasteiger charge is -2.28.